The second-order valence-electron chi connectivity index (χ2n) is 12.1. The van der Waals surface area contributed by atoms with Gasteiger partial charge in [0.25, 0.3) is 0 Å². The smallest absolute Gasteiger partial charge is 0.437 e. The number of aromatic hydroxyl groups is 2. The van der Waals surface area contributed by atoms with Crippen molar-refractivity contribution in [2.45, 2.75) is 148 Å². The summed E-state index contributed by atoms with van der Waals surface area (Å²) in [5.41, 5.74) is 0. The molecular weight excluding hydrogens is 708 g/mol. The maximum absolute atomic E-state index is 10.9. The van der Waals surface area contributed by atoms with Gasteiger partial charge in [0.05, 0.1) is 0 Å². The van der Waals surface area contributed by atoms with Crippen molar-refractivity contribution in [1.82, 2.24) is 0 Å². The Balaban J connectivity index is 2.18. The number of phenols is 2. The minimum Gasteiger partial charge on any atom is -0.508 e. The van der Waals surface area contributed by atoms with Crippen molar-refractivity contribution in [3.05, 3.63) is 48.5 Å². The molecule has 0 heterocycles. The lowest BCUT2D eigenvalue weighted by molar-refractivity contribution is -0.665. The van der Waals surface area contributed by atoms with E-state index in [1.165, 1.54) is 76.2 Å². The van der Waals surface area contributed by atoms with Gasteiger partial charge in [-0.15, -0.1) is 9.78 Å². The van der Waals surface area contributed by atoms with Gasteiger partial charge in [0, 0.05) is 51.4 Å². The Morgan fingerprint density at radius 1 is 0.358 bits per heavy atom. The summed E-state index contributed by atoms with van der Waals surface area (Å²) in [7, 11) is 0. The molecule has 0 aliphatic rings. The monoisotopic (exact) mass is 764 g/mol. The third kappa shape index (κ3) is 13.7. The number of aliphatic hydroxyl groups is 6. The van der Waals surface area contributed by atoms with E-state index in [0.717, 1.165) is 0 Å². The van der Waals surface area contributed by atoms with Gasteiger partial charge in [-0.05, 0) is 48.5 Å². The number of hydrogen-bond acceptors (Lipinski definition) is 18. The molecule has 0 spiro atoms. The molecule has 2 aromatic rings. The van der Waals surface area contributed by atoms with Gasteiger partial charge in [0.2, 0.25) is 23.1 Å². The summed E-state index contributed by atoms with van der Waals surface area (Å²) in [6.45, 7) is 12.5. The average molecular weight is 765 g/mol. The van der Waals surface area contributed by atoms with Crippen LogP contribution in [0, 0.1) is 0 Å². The third-order valence-electron chi connectivity index (χ3n) is 8.47. The molecule has 2 rings (SSSR count). The van der Waals surface area contributed by atoms with Crippen molar-refractivity contribution in [1.29, 1.82) is 0 Å². The van der Waals surface area contributed by atoms with Crippen LogP contribution in [0.15, 0.2) is 48.5 Å². The molecule has 0 aliphatic heterocycles. The highest BCUT2D eigenvalue weighted by Gasteiger charge is 2.51. The van der Waals surface area contributed by atoms with E-state index in [9.17, 15) is 40.9 Å². The largest absolute Gasteiger partial charge is 0.508 e. The van der Waals surface area contributed by atoms with Crippen LogP contribution in [-0.4, -0.2) is 82.5 Å². The molecule has 0 fully saturated rings. The fourth-order valence-corrected chi connectivity index (χ4v) is 4.92. The SMILES string of the molecule is CCC(CC)(OOC(O)(O)OC(CC)(CC)Oc1ccc(O)cc1)OC(O)(O)OC(CC)(CC)OOC(O)(O)OC(CC)(CC)Oc1ccc(O)cc1. The van der Waals surface area contributed by atoms with Crippen LogP contribution in [0.25, 0.3) is 0 Å². The highest BCUT2D eigenvalue weighted by atomic mass is 17.3. The van der Waals surface area contributed by atoms with E-state index in [2.05, 4.69) is 0 Å². The van der Waals surface area contributed by atoms with E-state index in [1.807, 2.05) is 0 Å². The normalized spacial score (nSPS) is 13.7. The van der Waals surface area contributed by atoms with Crippen molar-refractivity contribution in [2.75, 3.05) is 0 Å². The minimum absolute atomic E-state index is 0.0167. The molecule has 53 heavy (non-hydrogen) atoms. The lowest BCUT2D eigenvalue weighted by Crippen LogP contribution is -2.56. The molecule has 0 atom stereocenters. The molecule has 0 saturated carbocycles. The van der Waals surface area contributed by atoms with Gasteiger partial charge < -0.3 is 50.3 Å². The van der Waals surface area contributed by atoms with Gasteiger partial charge in [-0.2, -0.15) is 9.78 Å². The van der Waals surface area contributed by atoms with E-state index in [0.29, 0.717) is 0 Å². The van der Waals surface area contributed by atoms with Crippen LogP contribution in [0.4, 0.5) is 0 Å². The second kappa shape index (κ2) is 19.1. The van der Waals surface area contributed by atoms with Crippen LogP contribution < -0.4 is 9.47 Å². The fourth-order valence-electron chi connectivity index (χ4n) is 4.92. The molecule has 18 heteroatoms. The van der Waals surface area contributed by atoms with Crippen LogP contribution >= 0.6 is 0 Å². The third-order valence-corrected chi connectivity index (χ3v) is 8.47. The maximum Gasteiger partial charge on any atom is 0.437 e. The quantitative estimate of drug-likeness (QED) is 0.0376. The first-order valence-electron chi connectivity index (χ1n) is 17.5. The van der Waals surface area contributed by atoms with Crippen LogP contribution in [0.3, 0.4) is 0 Å². The second-order valence-corrected chi connectivity index (χ2v) is 12.1. The Hall–Kier alpha value is -2.92. The van der Waals surface area contributed by atoms with Gasteiger partial charge in [0.15, 0.2) is 0 Å². The van der Waals surface area contributed by atoms with E-state index < -0.39 is 41.6 Å². The molecule has 8 N–H and O–H groups in total. The Labute approximate surface area is 308 Å². The van der Waals surface area contributed by atoms with Gasteiger partial charge in [-0.3, -0.25) is 18.9 Å². The first-order chi connectivity index (χ1) is 24.7. The Morgan fingerprint density at radius 3 is 0.849 bits per heavy atom. The molecule has 0 unspecified atom stereocenters. The maximum atomic E-state index is 10.9. The molecule has 0 aromatic heterocycles. The lowest BCUT2D eigenvalue weighted by Gasteiger charge is -2.42. The van der Waals surface area contributed by atoms with Crippen molar-refractivity contribution >= 4 is 0 Å². The first kappa shape index (κ1) is 46.2. The molecule has 0 radical (unpaired) electrons. The van der Waals surface area contributed by atoms with E-state index in [1.54, 1.807) is 27.7 Å². The van der Waals surface area contributed by atoms with Crippen LogP contribution in [0.1, 0.15) is 107 Å². The van der Waals surface area contributed by atoms with Crippen LogP contribution in [-0.2, 0) is 38.5 Å². The summed E-state index contributed by atoms with van der Waals surface area (Å²) in [4.78, 5) is 20.1. The van der Waals surface area contributed by atoms with Crippen molar-refractivity contribution < 1.29 is 88.8 Å². The van der Waals surface area contributed by atoms with Crippen molar-refractivity contribution in [2.24, 2.45) is 0 Å². The Morgan fingerprint density at radius 2 is 0.604 bits per heavy atom. The van der Waals surface area contributed by atoms with E-state index in [4.69, 9.17) is 48.0 Å². The van der Waals surface area contributed by atoms with Crippen molar-refractivity contribution in [3.63, 3.8) is 0 Å². The summed E-state index contributed by atoms with van der Waals surface area (Å²) in [6, 6.07) is 11.2. The molecular formula is C35H56O18. The predicted molar refractivity (Wildman–Crippen MR) is 181 cm³/mol. The Kier molecular flexibility index (Phi) is 16.7. The number of phenolic OH excluding ortho intramolecular Hbond substituents is 2. The fraction of sp³-hybridized carbons (Fsp3) is 0.657. The summed E-state index contributed by atoms with van der Waals surface area (Å²) in [5, 5.41) is 83.6. The topological polar surface area (TPSA) is 254 Å². The zero-order chi connectivity index (χ0) is 40.2. The zero-order valence-electron chi connectivity index (χ0n) is 31.4. The number of hydrogen-bond donors (Lipinski definition) is 8. The summed E-state index contributed by atoms with van der Waals surface area (Å²) < 4.78 is 33.2. The number of ether oxygens (including phenoxy) is 6. The van der Waals surface area contributed by atoms with E-state index >= 15 is 0 Å². The van der Waals surface area contributed by atoms with Gasteiger partial charge in [-0.1, -0.05) is 55.4 Å². The molecule has 0 saturated heterocycles. The highest BCUT2D eigenvalue weighted by Crippen LogP contribution is 2.37. The van der Waals surface area contributed by atoms with Gasteiger partial charge >= 0.3 is 18.5 Å². The van der Waals surface area contributed by atoms with Crippen molar-refractivity contribution in [3.8, 4) is 23.0 Å². The summed E-state index contributed by atoms with van der Waals surface area (Å²) >= 11 is 0. The summed E-state index contributed by atoms with van der Waals surface area (Å²) in [6.07, 6.45) is -11.0. The molecule has 2 aromatic carbocycles. The molecule has 18 nitrogen and oxygen atoms in total. The number of rotatable bonds is 26. The zero-order valence-corrected chi connectivity index (χ0v) is 31.4. The predicted octanol–water partition coefficient (Wildman–Crippen LogP) is 4.37. The summed E-state index contributed by atoms with van der Waals surface area (Å²) in [5.74, 6) is -7.21. The number of benzene rings is 2. The van der Waals surface area contributed by atoms with Gasteiger partial charge in [0.1, 0.15) is 23.0 Å². The molecule has 0 aliphatic carbocycles. The first-order valence-corrected chi connectivity index (χ1v) is 17.5. The lowest BCUT2D eigenvalue weighted by atomic mass is 10.1. The van der Waals surface area contributed by atoms with Crippen LogP contribution in [0.5, 0.6) is 23.0 Å². The van der Waals surface area contributed by atoms with Gasteiger partial charge in [-0.25, -0.2) is 0 Å². The highest BCUT2D eigenvalue weighted by molar-refractivity contribution is 5.31. The molecule has 0 amide bonds. The average Bonchev–Trinajstić information content (AvgIpc) is 3.13. The van der Waals surface area contributed by atoms with E-state index in [-0.39, 0.29) is 74.4 Å². The molecule has 304 valence electrons. The Bertz CT molecular complexity index is 1230. The molecule has 0 bridgehead atoms. The van der Waals surface area contributed by atoms with Crippen LogP contribution in [0.2, 0.25) is 0 Å². The minimum atomic E-state index is -3.58. The standard InChI is InChI=1S/C35H56O18/c1-9-29(10-2,44-27-21-17-25(36)18-22-27)46-34(40,41)52-50-31(13-5,14-6)48-33(38,39)49-32(15-7,16-8)51-53-35(42,43)47-30(11-3,12-4)45-28-23-19-26(37)20-24-28/h17-24,36-43H,9-16H2,1-8H3.